The monoisotopic (exact) mass is 326 g/mol. The normalized spacial score (nSPS) is 21.7. The average molecular weight is 326 g/mol. The summed E-state index contributed by atoms with van der Waals surface area (Å²) < 4.78 is 11.1. The molecular weight excluding hydrogens is 304 g/mol. The van der Waals surface area contributed by atoms with Crippen LogP contribution >= 0.6 is 0 Å². The Kier molecular flexibility index (Phi) is 3.71. The fourth-order valence-corrected chi connectivity index (χ4v) is 3.84. The van der Waals surface area contributed by atoms with Crippen LogP contribution in [-0.2, 0) is 0 Å². The number of hydrogen-bond donors (Lipinski definition) is 1. The van der Waals surface area contributed by atoms with Crippen molar-refractivity contribution < 1.29 is 14.3 Å². The van der Waals surface area contributed by atoms with Crippen molar-refractivity contribution >= 4 is 11.6 Å². The number of anilines is 1. The van der Waals surface area contributed by atoms with Crippen molar-refractivity contribution in [2.75, 3.05) is 25.6 Å². The van der Waals surface area contributed by atoms with Gasteiger partial charge >= 0.3 is 0 Å². The zero-order valence-electron chi connectivity index (χ0n) is 14.1. The van der Waals surface area contributed by atoms with Gasteiger partial charge in [0.05, 0.1) is 31.0 Å². The first-order valence-corrected chi connectivity index (χ1v) is 8.53. The van der Waals surface area contributed by atoms with E-state index in [-0.39, 0.29) is 11.9 Å². The van der Waals surface area contributed by atoms with E-state index in [1.165, 1.54) is 5.57 Å². The molecule has 126 valence electrons. The van der Waals surface area contributed by atoms with Gasteiger partial charge in [0.2, 0.25) is 0 Å². The molecule has 0 saturated carbocycles. The van der Waals surface area contributed by atoms with E-state index in [2.05, 4.69) is 17.5 Å². The average Bonchev–Trinajstić information content (AvgIpc) is 2.92. The first kappa shape index (κ1) is 15.1. The molecule has 1 N–H and O–H groups in total. The molecule has 0 radical (unpaired) electrons. The standard InChI is InChI=1S/C19H22N2O3/c1-3-24-18-10-15-14(9-17(18)23-2)19(22)21-13(11-20-15)8-12-6-4-5-7-16(12)21/h5,7,9-10,13,20H,3-4,6,8,11H2,1-2H3/t13-/m0/s1. The lowest BCUT2D eigenvalue weighted by molar-refractivity contribution is 0.0784. The van der Waals surface area contributed by atoms with Crippen molar-refractivity contribution in [1.29, 1.82) is 0 Å². The van der Waals surface area contributed by atoms with Gasteiger partial charge in [-0.15, -0.1) is 0 Å². The minimum atomic E-state index is 0.0397. The van der Waals surface area contributed by atoms with Crippen molar-refractivity contribution in [2.45, 2.75) is 32.2 Å². The highest BCUT2D eigenvalue weighted by Gasteiger charge is 2.38. The molecular formula is C19H22N2O3. The summed E-state index contributed by atoms with van der Waals surface area (Å²) in [5.74, 6) is 1.30. The van der Waals surface area contributed by atoms with Gasteiger partial charge in [-0.2, -0.15) is 0 Å². The van der Waals surface area contributed by atoms with Crippen LogP contribution in [0, 0.1) is 0 Å². The van der Waals surface area contributed by atoms with Gasteiger partial charge in [0.15, 0.2) is 11.5 Å². The molecule has 0 aromatic heterocycles. The molecule has 0 unspecified atom stereocenters. The summed E-state index contributed by atoms with van der Waals surface area (Å²) in [6.07, 6.45) is 7.36. The van der Waals surface area contributed by atoms with Gasteiger partial charge in [0.1, 0.15) is 0 Å². The molecule has 5 nitrogen and oxygen atoms in total. The second-order valence-corrected chi connectivity index (χ2v) is 6.33. The molecule has 1 aliphatic carbocycles. The Bertz CT molecular complexity index is 751. The van der Waals surface area contributed by atoms with Crippen molar-refractivity contribution in [3.8, 4) is 11.5 Å². The Morgan fingerprint density at radius 3 is 3.00 bits per heavy atom. The highest BCUT2D eigenvalue weighted by atomic mass is 16.5. The third-order valence-electron chi connectivity index (χ3n) is 4.94. The van der Waals surface area contributed by atoms with E-state index in [1.54, 1.807) is 13.2 Å². The van der Waals surface area contributed by atoms with Crippen LogP contribution in [-0.4, -0.2) is 37.1 Å². The smallest absolute Gasteiger partial charge is 0.260 e. The number of carbonyl (C=O) groups excluding carboxylic acids is 1. The fraction of sp³-hybridized carbons (Fsp3) is 0.421. The number of rotatable bonds is 3. The Hall–Kier alpha value is -2.43. The van der Waals surface area contributed by atoms with Crippen LogP contribution in [0.5, 0.6) is 11.5 Å². The van der Waals surface area contributed by atoms with Gasteiger partial charge in [0.25, 0.3) is 5.91 Å². The summed E-state index contributed by atoms with van der Waals surface area (Å²) >= 11 is 0. The number of methoxy groups -OCH3 is 1. The van der Waals surface area contributed by atoms with Crippen LogP contribution in [0.15, 0.2) is 35.6 Å². The molecule has 0 bridgehead atoms. The third kappa shape index (κ3) is 2.27. The molecule has 1 aromatic rings. The van der Waals surface area contributed by atoms with E-state index in [0.29, 0.717) is 23.7 Å². The first-order valence-electron chi connectivity index (χ1n) is 8.53. The quantitative estimate of drug-likeness (QED) is 0.925. The second-order valence-electron chi connectivity index (χ2n) is 6.33. The first-order chi connectivity index (χ1) is 11.7. The van der Waals surface area contributed by atoms with Crippen molar-refractivity contribution in [3.05, 3.63) is 41.1 Å². The number of amides is 1. The second kappa shape index (κ2) is 5.89. The zero-order valence-corrected chi connectivity index (χ0v) is 14.1. The Morgan fingerprint density at radius 2 is 2.21 bits per heavy atom. The molecule has 4 rings (SSSR count). The SMILES string of the molecule is CCOc1cc2c(cc1OC)C(=O)N1C3=C(CCC=C3)C[C@H]1CN2. The van der Waals surface area contributed by atoms with Crippen LogP contribution in [0.4, 0.5) is 5.69 Å². The molecule has 3 aliphatic rings. The summed E-state index contributed by atoms with van der Waals surface area (Å²) in [4.78, 5) is 15.2. The molecule has 2 heterocycles. The van der Waals surface area contributed by atoms with Crippen LogP contribution in [0.25, 0.3) is 0 Å². The highest BCUT2D eigenvalue weighted by Crippen LogP contribution is 2.41. The lowest BCUT2D eigenvalue weighted by Crippen LogP contribution is -2.37. The molecule has 5 heteroatoms. The number of hydrogen-bond acceptors (Lipinski definition) is 4. The Balaban J connectivity index is 1.77. The Labute approximate surface area is 141 Å². The molecule has 0 spiro atoms. The summed E-state index contributed by atoms with van der Waals surface area (Å²) in [6.45, 7) is 3.24. The lowest BCUT2D eigenvalue weighted by Gasteiger charge is -2.24. The van der Waals surface area contributed by atoms with Crippen LogP contribution in [0.1, 0.15) is 36.5 Å². The number of fused-ring (bicyclic) bond motifs is 3. The van der Waals surface area contributed by atoms with E-state index in [1.807, 2.05) is 17.9 Å². The summed E-state index contributed by atoms with van der Waals surface area (Å²) in [6, 6.07) is 3.85. The van der Waals surface area contributed by atoms with Crippen molar-refractivity contribution in [3.63, 3.8) is 0 Å². The Morgan fingerprint density at radius 1 is 1.33 bits per heavy atom. The third-order valence-corrected chi connectivity index (χ3v) is 4.94. The summed E-state index contributed by atoms with van der Waals surface area (Å²) in [5.41, 5.74) is 3.96. The maximum Gasteiger partial charge on any atom is 0.260 e. The molecule has 0 fully saturated rings. The summed E-state index contributed by atoms with van der Waals surface area (Å²) in [7, 11) is 1.60. The molecule has 0 saturated heterocycles. The van der Waals surface area contributed by atoms with Gasteiger partial charge in [-0.25, -0.2) is 0 Å². The molecule has 24 heavy (non-hydrogen) atoms. The van der Waals surface area contributed by atoms with E-state index >= 15 is 0 Å². The minimum Gasteiger partial charge on any atom is -0.493 e. The van der Waals surface area contributed by atoms with E-state index < -0.39 is 0 Å². The largest absolute Gasteiger partial charge is 0.493 e. The van der Waals surface area contributed by atoms with E-state index in [0.717, 1.165) is 37.2 Å². The van der Waals surface area contributed by atoms with Gasteiger partial charge in [-0.05, 0) is 43.9 Å². The van der Waals surface area contributed by atoms with E-state index in [9.17, 15) is 4.79 Å². The maximum atomic E-state index is 13.2. The molecule has 1 amide bonds. The topological polar surface area (TPSA) is 50.8 Å². The van der Waals surface area contributed by atoms with Crippen LogP contribution in [0.2, 0.25) is 0 Å². The molecule has 1 atom stereocenters. The van der Waals surface area contributed by atoms with Crippen LogP contribution < -0.4 is 14.8 Å². The number of ether oxygens (including phenoxy) is 2. The predicted molar refractivity (Wildman–Crippen MR) is 92.6 cm³/mol. The van der Waals surface area contributed by atoms with Crippen LogP contribution in [0.3, 0.4) is 0 Å². The number of benzene rings is 1. The minimum absolute atomic E-state index is 0.0397. The van der Waals surface area contributed by atoms with Crippen molar-refractivity contribution in [1.82, 2.24) is 4.90 Å². The maximum absolute atomic E-state index is 13.2. The summed E-state index contributed by atoms with van der Waals surface area (Å²) in [5, 5.41) is 3.44. The number of allylic oxidation sites excluding steroid dienone is 2. The van der Waals surface area contributed by atoms with Gasteiger partial charge in [-0.1, -0.05) is 6.08 Å². The highest BCUT2D eigenvalue weighted by molar-refractivity contribution is 6.03. The van der Waals surface area contributed by atoms with Gasteiger partial charge < -0.3 is 19.7 Å². The lowest BCUT2D eigenvalue weighted by atomic mass is 10.0. The van der Waals surface area contributed by atoms with Gasteiger partial charge in [0, 0.05) is 18.3 Å². The number of carbonyl (C=O) groups is 1. The fourth-order valence-electron chi connectivity index (χ4n) is 3.84. The number of nitrogens with one attached hydrogen (secondary N) is 1. The molecule has 2 aliphatic heterocycles. The molecule has 1 aromatic carbocycles. The number of nitrogens with zero attached hydrogens (tertiary/aromatic N) is 1. The van der Waals surface area contributed by atoms with Gasteiger partial charge in [-0.3, -0.25) is 4.79 Å². The van der Waals surface area contributed by atoms with Crippen molar-refractivity contribution in [2.24, 2.45) is 0 Å². The predicted octanol–water partition coefficient (Wildman–Crippen LogP) is 3.34. The zero-order chi connectivity index (χ0) is 16.7. The van der Waals surface area contributed by atoms with E-state index in [4.69, 9.17) is 9.47 Å².